The first-order valence-corrected chi connectivity index (χ1v) is 10.5. The molecule has 5 rings (SSSR count). The predicted molar refractivity (Wildman–Crippen MR) is 118 cm³/mol. The van der Waals surface area contributed by atoms with Crippen molar-refractivity contribution in [3.63, 3.8) is 0 Å². The van der Waals surface area contributed by atoms with E-state index in [1.165, 1.54) is 18.2 Å². The van der Waals surface area contributed by atoms with Crippen LogP contribution in [-0.4, -0.2) is 17.5 Å². The second kappa shape index (κ2) is 7.83. The van der Waals surface area contributed by atoms with Gasteiger partial charge in [-0.2, -0.15) is 13.2 Å². The van der Waals surface area contributed by atoms with Crippen LogP contribution in [0.3, 0.4) is 0 Å². The number of nitrogens with zero attached hydrogens (tertiary/aromatic N) is 2. The van der Waals surface area contributed by atoms with Gasteiger partial charge in [0.15, 0.2) is 0 Å². The highest BCUT2D eigenvalue weighted by atomic mass is 19.4. The molecule has 0 spiro atoms. The first-order valence-electron chi connectivity index (χ1n) is 10.5. The number of rotatable bonds is 3. The summed E-state index contributed by atoms with van der Waals surface area (Å²) in [4.78, 5) is 18.4. The first-order chi connectivity index (χ1) is 16.1. The molecule has 0 fully saturated rings. The van der Waals surface area contributed by atoms with Crippen LogP contribution in [0.25, 0.3) is 22.0 Å². The number of pyridine rings is 1. The Balaban J connectivity index is 1.66. The Kier molecular flexibility index (Phi) is 5.04. The predicted octanol–water partition coefficient (Wildman–Crippen LogP) is 5.43. The molecule has 1 aromatic heterocycles. The quantitative estimate of drug-likeness (QED) is 0.379. The minimum Gasteiger partial charge on any atom is -0.545 e. The molecule has 3 aromatic carbocycles. The lowest BCUT2D eigenvalue weighted by molar-refractivity contribution is -0.254. The van der Waals surface area contributed by atoms with E-state index in [2.05, 4.69) is 4.98 Å². The van der Waals surface area contributed by atoms with E-state index in [4.69, 9.17) is 0 Å². The molecule has 172 valence electrons. The lowest BCUT2D eigenvalue weighted by Crippen LogP contribution is -2.26. The maximum absolute atomic E-state index is 13.8. The Morgan fingerprint density at radius 1 is 1.06 bits per heavy atom. The number of fused-ring (bicyclic) bond motifs is 2. The van der Waals surface area contributed by atoms with E-state index in [0.717, 1.165) is 29.4 Å². The van der Waals surface area contributed by atoms with Gasteiger partial charge in [0.25, 0.3) is 0 Å². The number of carbonyl (C=O) groups excluding carboxylic acids is 1. The van der Waals surface area contributed by atoms with Gasteiger partial charge in [-0.3, -0.25) is 0 Å². The molecule has 1 aliphatic rings. The van der Waals surface area contributed by atoms with Crippen molar-refractivity contribution in [3.05, 3.63) is 88.7 Å². The second-order valence-corrected chi connectivity index (χ2v) is 8.17. The number of hydrogen-bond acceptors (Lipinski definition) is 4. The highest BCUT2D eigenvalue weighted by molar-refractivity contribution is 6.04. The first kappa shape index (κ1) is 21.9. The summed E-state index contributed by atoms with van der Waals surface area (Å²) in [6.07, 6.45) is -3.92. The van der Waals surface area contributed by atoms with Crippen molar-refractivity contribution in [3.8, 4) is 11.1 Å². The summed E-state index contributed by atoms with van der Waals surface area (Å²) in [7, 11) is 0. The fraction of sp³-hybridized carbons (Fsp3) is 0.154. The lowest BCUT2D eigenvalue weighted by Gasteiger charge is -2.24. The van der Waals surface area contributed by atoms with Crippen LogP contribution in [0.1, 0.15) is 27.0 Å². The smallest absolute Gasteiger partial charge is 0.416 e. The van der Waals surface area contributed by atoms with Gasteiger partial charge in [-0.05, 0) is 66.4 Å². The number of hydrogen-bond donors (Lipinski definition) is 0. The minimum atomic E-state index is -4.45. The number of aromatic nitrogens is 1. The molecule has 0 saturated carbocycles. The summed E-state index contributed by atoms with van der Waals surface area (Å²) >= 11 is 0. The Morgan fingerprint density at radius 2 is 1.82 bits per heavy atom. The number of carboxylic acid groups (broad SMARTS) is 1. The topological polar surface area (TPSA) is 56.3 Å². The van der Waals surface area contributed by atoms with Crippen molar-refractivity contribution < 1.29 is 27.5 Å². The number of alkyl halides is 3. The minimum absolute atomic E-state index is 0.137. The zero-order valence-electron chi connectivity index (χ0n) is 17.9. The van der Waals surface area contributed by atoms with E-state index in [1.807, 2.05) is 11.0 Å². The number of halogens is 4. The molecule has 34 heavy (non-hydrogen) atoms. The van der Waals surface area contributed by atoms with Crippen LogP contribution in [0, 0.1) is 12.7 Å². The van der Waals surface area contributed by atoms with Crippen LogP contribution in [-0.2, 0) is 12.6 Å². The summed E-state index contributed by atoms with van der Waals surface area (Å²) in [5, 5.41) is 12.1. The fourth-order valence-electron chi connectivity index (χ4n) is 4.63. The van der Waals surface area contributed by atoms with Gasteiger partial charge in [-0.15, -0.1) is 0 Å². The molecule has 2 heterocycles. The van der Waals surface area contributed by atoms with Gasteiger partial charge in [0, 0.05) is 28.7 Å². The van der Waals surface area contributed by atoms with E-state index < -0.39 is 23.5 Å². The monoisotopic (exact) mass is 465 g/mol. The molecule has 0 unspecified atom stereocenters. The molecular formula is C26H17F4N2O2-. The molecule has 0 saturated heterocycles. The average Bonchev–Trinajstić information content (AvgIpc) is 3.22. The van der Waals surface area contributed by atoms with Gasteiger partial charge in [-0.1, -0.05) is 24.3 Å². The van der Waals surface area contributed by atoms with Crippen molar-refractivity contribution >= 4 is 28.4 Å². The molecule has 0 amide bonds. The fourth-order valence-corrected chi connectivity index (χ4v) is 4.63. The second-order valence-electron chi connectivity index (χ2n) is 8.17. The molecule has 1 aliphatic heterocycles. The molecular weight excluding hydrogens is 448 g/mol. The Hall–Kier alpha value is -3.94. The standard InChI is InChI=1S/C26H18F4N2O2/c1-14-23(25(33)34)20-13-17(27)8-9-21(20)31-24(14)32-11-10-19-18(6-3-7-22(19)32)15-4-2-5-16(12-15)26(28,29)30/h2-9,12-13H,10-11H2,1H3,(H,33,34)/p-1. The molecule has 0 radical (unpaired) electrons. The van der Waals surface area contributed by atoms with Crippen molar-refractivity contribution in [1.82, 2.24) is 4.98 Å². The van der Waals surface area contributed by atoms with Gasteiger partial charge >= 0.3 is 6.18 Å². The molecule has 0 atom stereocenters. The molecule has 8 heteroatoms. The summed E-state index contributed by atoms with van der Waals surface area (Å²) in [6.45, 7) is 2.05. The van der Waals surface area contributed by atoms with E-state index >= 15 is 0 Å². The van der Waals surface area contributed by atoms with E-state index in [1.54, 1.807) is 25.1 Å². The van der Waals surface area contributed by atoms with Crippen LogP contribution in [0.5, 0.6) is 0 Å². The van der Waals surface area contributed by atoms with Crippen LogP contribution in [0.4, 0.5) is 29.1 Å². The van der Waals surface area contributed by atoms with Gasteiger partial charge in [-0.25, -0.2) is 9.37 Å². The maximum Gasteiger partial charge on any atom is 0.416 e. The zero-order valence-corrected chi connectivity index (χ0v) is 17.9. The number of aromatic carboxylic acids is 1. The van der Waals surface area contributed by atoms with Crippen LogP contribution in [0.15, 0.2) is 60.7 Å². The van der Waals surface area contributed by atoms with Crippen LogP contribution >= 0.6 is 0 Å². The normalized spacial score (nSPS) is 13.4. The third-order valence-electron chi connectivity index (χ3n) is 6.15. The highest BCUT2D eigenvalue weighted by Gasteiger charge is 2.31. The highest BCUT2D eigenvalue weighted by Crippen LogP contribution is 2.42. The van der Waals surface area contributed by atoms with Crippen molar-refractivity contribution in [2.75, 3.05) is 11.4 Å². The largest absolute Gasteiger partial charge is 0.545 e. The molecule has 4 aromatic rings. The van der Waals surface area contributed by atoms with E-state index in [-0.39, 0.29) is 10.9 Å². The molecule has 4 nitrogen and oxygen atoms in total. The Labute approximate surface area is 192 Å². The third-order valence-corrected chi connectivity index (χ3v) is 6.15. The van der Waals surface area contributed by atoms with Gasteiger partial charge in [0.2, 0.25) is 0 Å². The van der Waals surface area contributed by atoms with Crippen molar-refractivity contribution in [1.29, 1.82) is 0 Å². The summed E-state index contributed by atoms with van der Waals surface area (Å²) in [5.41, 5.74) is 2.47. The third kappa shape index (κ3) is 3.55. The summed E-state index contributed by atoms with van der Waals surface area (Å²) in [5.74, 6) is -1.63. The molecule has 0 aliphatic carbocycles. The number of carbonyl (C=O) groups is 1. The van der Waals surface area contributed by atoms with Gasteiger partial charge in [0.05, 0.1) is 17.0 Å². The number of carboxylic acids is 1. The van der Waals surface area contributed by atoms with Crippen molar-refractivity contribution in [2.24, 2.45) is 0 Å². The van der Waals surface area contributed by atoms with Crippen LogP contribution < -0.4 is 10.0 Å². The molecule has 0 N–H and O–H groups in total. The van der Waals surface area contributed by atoms with E-state index in [0.29, 0.717) is 41.0 Å². The van der Waals surface area contributed by atoms with Crippen molar-refractivity contribution in [2.45, 2.75) is 19.5 Å². The lowest BCUT2D eigenvalue weighted by atomic mass is 9.96. The molecule has 0 bridgehead atoms. The van der Waals surface area contributed by atoms with Gasteiger partial charge in [0.1, 0.15) is 11.6 Å². The van der Waals surface area contributed by atoms with E-state index in [9.17, 15) is 27.5 Å². The summed E-state index contributed by atoms with van der Waals surface area (Å²) in [6, 6.07) is 14.3. The summed E-state index contributed by atoms with van der Waals surface area (Å²) < 4.78 is 53.5. The SMILES string of the molecule is Cc1c(N2CCc3c(-c4cccc(C(F)(F)F)c4)cccc32)nc2ccc(F)cc2c1C(=O)[O-]. The van der Waals surface area contributed by atoms with Crippen LogP contribution in [0.2, 0.25) is 0 Å². The van der Waals surface area contributed by atoms with Gasteiger partial charge < -0.3 is 14.8 Å². The maximum atomic E-state index is 13.8. The Morgan fingerprint density at radius 3 is 2.56 bits per heavy atom. The average molecular weight is 465 g/mol. The number of benzene rings is 3. The number of anilines is 2. The Bertz CT molecular complexity index is 1460. The zero-order chi connectivity index (χ0) is 24.2.